The predicted octanol–water partition coefficient (Wildman–Crippen LogP) is 3.67. The van der Waals surface area contributed by atoms with Crippen LogP contribution in [0.3, 0.4) is 0 Å². The van der Waals surface area contributed by atoms with Gasteiger partial charge >= 0.3 is 0 Å². The van der Waals surface area contributed by atoms with Crippen LogP contribution in [-0.2, 0) is 25.7 Å². The molecule has 0 saturated carbocycles. The summed E-state index contributed by atoms with van der Waals surface area (Å²) in [5, 5.41) is 15.6. The Kier molecular flexibility index (Phi) is 12.0. The Bertz CT molecular complexity index is 1900. The van der Waals surface area contributed by atoms with Gasteiger partial charge in [0.2, 0.25) is 0 Å². The van der Waals surface area contributed by atoms with Gasteiger partial charge in [0.15, 0.2) is 23.4 Å². The van der Waals surface area contributed by atoms with Crippen LogP contribution in [0.4, 0.5) is 11.9 Å². The number of carbonyl (C=O) groups excluding carboxylic acids is 4. The molecule has 10 N–H and O–H groups in total. The maximum atomic E-state index is 12.3. The lowest BCUT2D eigenvalue weighted by atomic mass is 9.79. The topological polar surface area (TPSA) is 252 Å². The molecule has 56 heavy (non-hydrogen) atoms. The van der Waals surface area contributed by atoms with Crippen LogP contribution < -0.4 is 32.7 Å². The molecule has 4 atom stereocenters. The average Bonchev–Trinajstić information content (AvgIpc) is 4.04. The number of furan rings is 2. The van der Waals surface area contributed by atoms with Gasteiger partial charge in [0.25, 0.3) is 23.6 Å². The molecule has 0 spiro atoms. The second-order valence-corrected chi connectivity index (χ2v) is 15.6. The van der Waals surface area contributed by atoms with Gasteiger partial charge < -0.3 is 51.5 Å². The smallest absolute Gasteiger partial charge is 0.286 e. The molecule has 2 aliphatic carbocycles. The van der Waals surface area contributed by atoms with Gasteiger partial charge in [0.1, 0.15) is 0 Å². The molecular weight excluding hydrogens is 757 g/mol. The molecule has 0 fully saturated rings. The molecule has 2 aliphatic rings. The number of H-pyrrole nitrogens is 2. The van der Waals surface area contributed by atoms with Gasteiger partial charge in [-0.15, -0.1) is 22.7 Å². The minimum absolute atomic E-state index is 0.0636. The standard InChI is InChI=1S/C19H21N5O4.C19H21N5O2S2/c2*20-19-23-13-7-11(9-21-17(25)15-3-1-5-27-15)12(8-14(13)24-19)10-22-18(26)16-4-2-6-28-16/h2*1-6,11-12H,7-10H2,(H,21,25)(H,22,26)(H3,20,23,24). The summed E-state index contributed by atoms with van der Waals surface area (Å²) >= 11 is 2.84. The van der Waals surface area contributed by atoms with Crippen LogP contribution in [0.25, 0.3) is 0 Å². The van der Waals surface area contributed by atoms with E-state index in [0.717, 1.165) is 29.2 Å². The van der Waals surface area contributed by atoms with Gasteiger partial charge in [-0.25, -0.2) is 9.97 Å². The van der Waals surface area contributed by atoms with Gasteiger partial charge in [-0.2, -0.15) is 0 Å². The highest BCUT2D eigenvalue weighted by atomic mass is 32.1. The minimum atomic E-state index is -0.268. The summed E-state index contributed by atoms with van der Waals surface area (Å²) in [6.45, 7) is 1.95. The van der Waals surface area contributed by atoms with Crippen molar-refractivity contribution in [1.29, 1.82) is 0 Å². The van der Waals surface area contributed by atoms with E-state index < -0.39 is 0 Å². The number of imidazole rings is 2. The normalized spacial score (nSPS) is 18.4. The van der Waals surface area contributed by atoms with E-state index in [4.69, 9.17) is 20.3 Å². The van der Waals surface area contributed by atoms with Crippen LogP contribution in [0, 0.1) is 23.7 Å². The van der Waals surface area contributed by atoms with Crippen LogP contribution in [-0.4, -0.2) is 69.7 Å². The second kappa shape index (κ2) is 17.5. The van der Waals surface area contributed by atoms with Gasteiger partial charge in [-0.05, 0) is 96.5 Å². The Morgan fingerprint density at radius 3 is 1.34 bits per heavy atom. The van der Waals surface area contributed by atoms with E-state index in [1.54, 1.807) is 24.3 Å². The van der Waals surface area contributed by atoms with Crippen LogP contribution in [0.15, 0.2) is 80.7 Å². The molecule has 16 nitrogen and oxygen atoms in total. The number of fused-ring (bicyclic) bond motifs is 2. The van der Waals surface area contributed by atoms with E-state index in [1.165, 1.54) is 35.2 Å². The van der Waals surface area contributed by atoms with Crippen LogP contribution in [0.2, 0.25) is 0 Å². The SMILES string of the molecule is Nc1nc2c([nH]1)CC(CNC(=O)c1ccco1)C(CNC(=O)c1ccco1)C2.Nc1nc2c([nH]1)CC(CNC(=O)c1cccs1)C(CNC(=O)c1cccs1)C2. The molecular formula is C38H42N10O6S2. The second-order valence-electron chi connectivity index (χ2n) is 13.7. The molecule has 4 unspecified atom stereocenters. The Hall–Kier alpha value is -6.14. The minimum Gasteiger partial charge on any atom is -0.459 e. The predicted molar refractivity (Wildman–Crippen MR) is 210 cm³/mol. The van der Waals surface area contributed by atoms with E-state index in [2.05, 4.69) is 41.2 Å². The van der Waals surface area contributed by atoms with Crippen LogP contribution in [0.1, 0.15) is 63.2 Å². The molecule has 0 saturated heterocycles. The first-order chi connectivity index (χ1) is 27.2. The first-order valence-electron chi connectivity index (χ1n) is 18.1. The van der Waals surface area contributed by atoms with Crippen molar-refractivity contribution < 1.29 is 28.0 Å². The molecule has 0 radical (unpaired) electrons. The number of nitrogens with zero attached hydrogens (tertiary/aromatic N) is 2. The summed E-state index contributed by atoms with van der Waals surface area (Å²) in [5.41, 5.74) is 15.5. The Balaban J connectivity index is 0.000000172. The number of amides is 4. The van der Waals surface area contributed by atoms with E-state index in [9.17, 15) is 19.2 Å². The Morgan fingerprint density at radius 2 is 0.982 bits per heavy atom. The van der Waals surface area contributed by atoms with Crippen molar-refractivity contribution in [2.24, 2.45) is 23.7 Å². The highest BCUT2D eigenvalue weighted by Gasteiger charge is 2.33. The number of nitrogens with one attached hydrogen (secondary N) is 6. The molecule has 6 aromatic rings. The maximum absolute atomic E-state index is 12.3. The number of carbonyl (C=O) groups is 4. The molecule has 6 aromatic heterocycles. The highest BCUT2D eigenvalue weighted by Crippen LogP contribution is 2.31. The zero-order valence-corrected chi connectivity index (χ0v) is 31.8. The van der Waals surface area contributed by atoms with Crippen molar-refractivity contribution in [3.05, 3.63) is 116 Å². The average molecular weight is 799 g/mol. The summed E-state index contributed by atoms with van der Waals surface area (Å²) in [7, 11) is 0. The molecule has 4 amide bonds. The first kappa shape index (κ1) is 38.1. The number of aromatic nitrogens is 4. The third kappa shape index (κ3) is 9.38. The van der Waals surface area contributed by atoms with E-state index >= 15 is 0 Å². The first-order valence-corrected chi connectivity index (χ1v) is 19.9. The monoisotopic (exact) mass is 798 g/mol. The fourth-order valence-electron chi connectivity index (χ4n) is 7.13. The number of nitrogens with two attached hydrogens (primary N) is 2. The summed E-state index contributed by atoms with van der Waals surface area (Å²) in [6.07, 6.45) is 5.71. The van der Waals surface area contributed by atoms with Gasteiger partial charge in [0.05, 0.1) is 33.7 Å². The quantitative estimate of drug-likeness (QED) is 0.0892. The zero-order valence-electron chi connectivity index (χ0n) is 30.2. The number of rotatable bonds is 12. The number of hydrogen-bond acceptors (Lipinski definition) is 12. The summed E-state index contributed by atoms with van der Waals surface area (Å²) in [5.74, 6) is 1.20. The Morgan fingerprint density at radius 1 is 0.589 bits per heavy atom. The molecule has 8 rings (SSSR count). The van der Waals surface area contributed by atoms with Crippen molar-refractivity contribution in [2.45, 2.75) is 25.7 Å². The van der Waals surface area contributed by atoms with E-state index in [-0.39, 0.29) is 58.8 Å². The van der Waals surface area contributed by atoms with Gasteiger partial charge in [-0.3, -0.25) is 19.2 Å². The fraction of sp³-hybridized carbons (Fsp3) is 0.316. The van der Waals surface area contributed by atoms with Crippen molar-refractivity contribution in [1.82, 2.24) is 41.2 Å². The fourth-order valence-corrected chi connectivity index (χ4v) is 8.41. The lowest BCUT2D eigenvalue weighted by Gasteiger charge is -2.31. The number of aromatic amines is 2. The number of anilines is 2. The van der Waals surface area contributed by atoms with E-state index in [0.29, 0.717) is 67.1 Å². The Labute approximate surface area is 329 Å². The third-order valence-electron chi connectivity index (χ3n) is 10.0. The summed E-state index contributed by atoms with van der Waals surface area (Å²) in [6, 6.07) is 13.9. The maximum Gasteiger partial charge on any atom is 0.286 e. The molecule has 0 bridgehead atoms. The molecule has 18 heteroatoms. The number of hydrogen-bond donors (Lipinski definition) is 8. The molecule has 0 aromatic carbocycles. The molecule has 0 aliphatic heterocycles. The van der Waals surface area contributed by atoms with Crippen molar-refractivity contribution in [3.8, 4) is 0 Å². The summed E-state index contributed by atoms with van der Waals surface area (Å²) < 4.78 is 10.3. The lowest BCUT2D eigenvalue weighted by molar-refractivity contribution is 0.0888. The highest BCUT2D eigenvalue weighted by molar-refractivity contribution is 7.12. The largest absolute Gasteiger partial charge is 0.459 e. The van der Waals surface area contributed by atoms with E-state index in [1.807, 2.05) is 35.0 Å². The lowest BCUT2D eigenvalue weighted by Crippen LogP contribution is -2.42. The van der Waals surface area contributed by atoms with Crippen molar-refractivity contribution in [3.63, 3.8) is 0 Å². The number of nitrogen functional groups attached to an aromatic ring is 2. The molecule has 6 heterocycles. The molecule has 292 valence electrons. The summed E-state index contributed by atoms with van der Waals surface area (Å²) in [4.78, 5) is 65.3. The van der Waals surface area contributed by atoms with Crippen molar-refractivity contribution in [2.75, 3.05) is 37.6 Å². The van der Waals surface area contributed by atoms with Crippen molar-refractivity contribution >= 4 is 58.2 Å². The zero-order chi connectivity index (χ0) is 39.0. The van der Waals surface area contributed by atoms with Gasteiger partial charge in [0, 0.05) is 37.6 Å². The number of thiophene rings is 2. The van der Waals surface area contributed by atoms with Crippen LogP contribution in [0.5, 0.6) is 0 Å². The van der Waals surface area contributed by atoms with Crippen LogP contribution >= 0.6 is 22.7 Å². The third-order valence-corrected chi connectivity index (χ3v) is 11.8. The van der Waals surface area contributed by atoms with Gasteiger partial charge in [-0.1, -0.05) is 12.1 Å².